The zero-order valence-corrected chi connectivity index (χ0v) is 18.4. The Morgan fingerprint density at radius 2 is 1.81 bits per heavy atom. The van der Waals surface area contributed by atoms with Crippen LogP contribution in [0.15, 0.2) is 42.5 Å². The van der Waals surface area contributed by atoms with Gasteiger partial charge < -0.3 is 15.3 Å². The van der Waals surface area contributed by atoms with E-state index in [1.54, 1.807) is 49.5 Å². The number of carboxylic acids is 1. The van der Waals surface area contributed by atoms with E-state index in [0.717, 1.165) is 11.3 Å². The van der Waals surface area contributed by atoms with Crippen LogP contribution >= 0.6 is 34.5 Å². The van der Waals surface area contributed by atoms with Crippen LogP contribution in [-0.4, -0.2) is 29.9 Å². The number of carbonyl (C=O) groups is 3. The fraction of sp³-hybridized carbons (Fsp3) is 0.136. The number of rotatable bonds is 2. The predicted molar refractivity (Wildman–Crippen MR) is 121 cm³/mol. The molecule has 2 aromatic carbocycles. The summed E-state index contributed by atoms with van der Waals surface area (Å²) in [5.41, 5.74) is 1.21. The summed E-state index contributed by atoms with van der Waals surface area (Å²) >= 11 is 13.3. The van der Waals surface area contributed by atoms with E-state index in [1.165, 1.54) is 4.90 Å². The minimum atomic E-state index is -1.33. The Bertz CT molecular complexity index is 1300. The molecule has 31 heavy (non-hydrogen) atoms. The fourth-order valence-corrected chi connectivity index (χ4v) is 6.05. The average molecular weight is 473 g/mol. The molecule has 1 aromatic heterocycles. The van der Waals surface area contributed by atoms with Crippen LogP contribution < -0.4 is 10.2 Å². The summed E-state index contributed by atoms with van der Waals surface area (Å²) in [6.45, 7) is 0. The number of nitrogens with zero attached hydrogens (tertiary/aromatic N) is 1. The third-order valence-corrected chi connectivity index (χ3v) is 7.59. The maximum absolute atomic E-state index is 13.6. The molecule has 3 aromatic rings. The summed E-state index contributed by atoms with van der Waals surface area (Å²) in [6, 6.07) is 11.8. The number of fused-ring (bicyclic) bond motifs is 4. The van der Waals surface area contributed by atoms with Gasteiger partial charge in [-0.25, -0.2) is 4.79 Å². The summed E-state index contributed by atoms with van der Waals surface area (Å²) in [7, 11) is 1.64. The molecular weight excluding hydrogens is 459 g/mol. The van der Waals surface area contributed by atoms with Crippen molar-refractivity contribution in [1.29, 1.82) is 0 Å². The second-order valence-corrected chi connectivity index (χ2v) is 9.37. The molecule has 0 fully saturated rings. The number of anilines is 2. The SMILES string of the molecule is CN1C(=O)C2(CC(=O)Nc3c2sc(C(=O)O)c3-c2ccc(Cl)cc2)c2cc(Cl)ccc21. The van der Waals surface area contributed by atoms with E-state index in [9.17, 15) is 19.5 Å². The normalized spacial score (nSPS) is 19.4. The molecule has 6 nitrogen and oxygen atoms in total. The summed E-state index contributed by atoms with van der Waals surface area (Å²) in [5.74, 6) is -1.80. The first-order chi connectivity index (χ1) is 14.7. The number of benzene rings is 2. The van der Waals surface area contributed by atoms with Crippen LogP contribution in [0.1, 0.15) is 26.5 Å². The molecule has 1 spiro atoms. The van der Waals surface area contributed by atoms with Gasteiger partial charge in [0.1, 0.15) is 10.3 Å². The summed E-state index contributed by atoms with van der Waals surface area (Å²) in [4.78, 5) is 40.6. The highest BCUT2D eigenvalue weighted by Crippen LogP contribution is 2.57. The highest BCUT2D eigenvalue weighted by molar-refractivity contribution is 7.15. The first kappa shape index (κ1) is 20.1. The van der Waals surface area contributed by atoms with Gasteiger partial charge in [-0.1, -0.05) is 35.3 Å². The summed E-state index contributed by atoms with van der Waals surface area (Å²) in [5, 5.41) is 13.7. The standard InChI is InChI=1S/C22H14Cl2N2O4S/c1-26-14-7-6-12(24)8-13(14)22(21(26)30)9-15(27)25-17-16(10-2-4-11(23)5-3-10)18(20(28)29)31-19(17)22/h2-8H,9H2,1H3,(H,25,27)(H,28,29). The molecule has 0 saturated carbocycles. The average Bonchev–Trinajstić information content (AvgIpc) is 3.20. The molecule has 2 N–H and O–H groups in total. The molecule has 0 aliphatic carbocycles. The van der Waals surface area contributed by atoms with Crippen molar-refractivity contribution in [2.45, 2.75) is 11.8 Å². The van der Waals surface area contributed by atoms with Crippen LogP contribution in [0.4, 0.5) is 11.4 Å². The van der Waals surface area contributed by atoms with Crippen LogP contribution in [0.5, 0.6) is 0 Å². The van der Waals surface area contributed by atoms with Gasteiger partial charge in [-0.3, -0.25) is 9.59 Å². The number of halogens is 2. The molecule has 2 aliphatic heterocycles. The Morgan fingerprint density at radius 1 is 1.13 bits per heavy atom. The molecule has 1 unspecified atom stereocenters. The van der Waals surface area contributed by atoms with Gasteiger partial charge in [-0.05, 0) is 41.5 Å². The lowest BCUT2D eigenvalue weighted by molar-refractivity contribution is -0.126. The maximum Gasteiger partial charge on any atom is 0.346 e. The molecule has 2 aliphatic rings. The minimum Gasteiger partial charge on any atom is -0.477 e. The number of hydrogen-bond acceptors (Lipinski definition) is 4. The predicted octanol–water partition coefficient (Wildman–Crippen LogP) is 5.02. The van der Waals surface area contributed by atoms with Gasteiger partial charge in [0, 0.05) is 28.3 Å². The van der Waals surface area contributed by atoms with Crippen LogP contribution in [-0.2, 0) is 15.0 Å². The lowest BCUT2D eigenvalue weighted by Gasteiger charge is -2.32. The molecule has 3 heterocycles. The Morgan fingerprint density at radius 3 is 2.48 bits per heavy atom. The number of nitrogens with one attached hydrogen (secondary N) is 1. The molecular formula is C22H14Cl2N2O4S. The van der Waals surface area contributed by atoms with Crippen LogP contribution in [0.3, 0.4) is 0 Å². The Balaban J connectivity index is 1.86. The quantitative estimate of drug-likeness (QED) is 0.547. The minimum absolute atomic E-state index is 0.0415. The topological polar surface area (TPSA) is 86.7 Å². The largest absolute Gasteiger partial charge is 0.477 e. The first-order valence-electron chi connectivity index (χ1n) is 9.28. The Labute approximate surface area is 191 Å². The number of carbonyl (C=O) groups excluding carboxylic acids is 2. The van der Waals surface area contributed by atoms with Gasteiger partial charge in [0.05, 0.1) is 17.0 Å². The van der Waals surface area contributed by atoms with Crippen molar-refractivity contribution in [1.82, 2.24) is 0 Å². The van der Waals surface area contributed by atoms with Gasteiger partial charge in [0.15, 0.2) is 0 Å². The van der Waals surface area contributed by atoms with Crippen LogP contribution in [0.25, 0.3) is 11.1 Å². The Hall–Kier alpha value is -2.87. The maximum atomic E-state index is 13.6. The van der Waals surface area contributed by atoms with E-state index in [2.05, 4.69) is 5.32 Å². The number of likely N-dealkylation sites (N-methyl/N-ethyl adjacent to an activating group) is 1. The number of aromatic carboxylic acids is 1. The van der Waals surface area contributed by atoms with E-state index in [-0.39, 0.29) is 23.1 Å². The summed E-state index contributed by atoms with van der Waals surface area (Å²) < 4.78 is 0. The van der Waals surface area contributed by atoms with Crippen molar-refractivity contribution in [3.63, 3.8) is 0 Å². The highest BCUT2D eigenvalue weighted by Gasteiger charge is 2.57. The number of thiophene rings is 1. The van der Waals surface area contributed by atoms with Gasteiger partial charge >= 0.3 is 5.97 Å². The monoisotopic (exact) mass is 472 g/mol. The third kappa shape index (κ3) is 2.74. The van der Waals surface area contributed by atoms with Gasteiger partial charge in [-0.15, -0.1) is 11.3 Å². The van der Waals surface area contributed by atoms with Gasteiger partial charge in [0.25, 0.3) is 0 Å². The zero-order chi connectivity index (χ0) is 22.1. The molecule has 5 rings (SSSR count). The van der Waals surface area contributed by atoms with Crippen molar-refractivity contribution in [2.24, 2.45) is 0 Å². The molecule has 9 heteroatoms. The lowest BCUT2D eigenvalue weighted by atomic mass is 9.74. The smallest absolute Gasteiger partial charge is 0.346 e. The zero-order valence-electron chi connectivity index (χ0n) is 16.0. The van der Waals surface area contributed by atoms with Crippen molar-refractivity contribution in [3.8, 4) is 11.1 Å². The molecule has 2 amide bonds. The fourth-order valence-electron chi connectivity index (χ4n) is 4.44. The molecule has 1 atom stereocenters. The second-order valence-electron chi connectivity index (χ2n) is 7.48. The van der Waals surface area contributed by atoms with E-state index < -0.39 is 11.4 Å². The second kappa shape index (κ2) is 6.82. The van der Waals surface area contributed by atoms with Gasteiger partial charge in [0.2, 0.25) is 11.8 Å². The number of hydrogen-bond donors (Lipinski definition) is 2. The number of carboxylic acid groups (broad SMARTS) is 1. The van der Waals surface area contributed by atoms with Crippen LogP contribution in [0, 0.1) is 0 Å². The van der Waals surface area contributed by atoms with E-state index >= 15 is 0 Å². The van der Waals surface area contributed by atoms with Crippen LogP contribution in [0.2, 0.25) is 10.0 Å². The molecule has 0 saturated heterocycles. The van der Waals surface area contributed by atoms with E-state index in [0.29, 0.717) is 43.0 Å². The lowest BCUT2D eigenvalue weighted by Crippen LogP contribution is -2.45. The van der Waals surface area contributed by atoms with Gasteiger partial charge in [-0.2, -0.15) is 0 Å². The molecule has 0 radical (unpaired) electrons. The van der Waals surface area contributed by atoms with Crippen molar-refractivity contribution >= 4 is 63.7 Å². The van der Waals surface area contributed by atoms with E-state index in [1.807, 2.05) is 0 Å². The number of amides is 2. The third-order valence-electron chi connectivity index (χ3n) is 5.76. The van der Waals surface area contributed by atoms with Crippen molar-refractivity contribution in [3.05, 3.63) is 67.8 Å². The highest BCUT2D eigenvalue weighted by atomic mass is 35.5. The summed E-state index contributed by atoms with van der Waals surface area (Å²) in [6.07, 6.45) is -0.129. The van der Waals surface area contributed by atoms with Crippen molar-refractivity contribution < 1.29 is 19.5 Å². The van der Waals surface area contributed by atoms with E-state index in [4.69, 9.17) is 23.2 Å². The Kier molecular flexibility index (Phi) is 4.41. The first-order valence-corrected chi connectivity index (χ1v) is 10.9. The molecule has 0 bridgehead atoms. The van der Waals surface area contributed by atoms with Crippen molar-refractivity contribution in [2.75, 3.05) is 17.3 Å². The molecule has 156 valence electrons.